The Bertz CT molecular complexity index is 266. The standard InChI is InChI=1S/C8H9NO2S/c1-3-5-7(9(10)11)6-8(12)4-2/h3-6,12H,1-2H2/b7-5+,8-6+. The van der Waals surface area contributed by atoms with Gasteiger partial charge >= 0.3 is 0 Å². The Balaban J connectivity index is 4.78. The number of hydrogen-bond donors (Lipinski definition) is 1. The quantitative estimate of drug-likeness (QED) is 0.314. The summed E-state index contributed by atoms with van der Waals surface area (Å²) in [6.45, 7) is 6.77. The van der Waals surface area contributed by atoms with Crippen molar-refractivity contribution < 1.29 is 4.92 Å². The third-order valence-electron chi connectivity index (χ3n) is 1.00. The second-order valence-electron chi connectivity index (χ2n) is 1.86. The van der Waals surface area contributed by atoms with Crippen molar-refractivity contribution in [3.8, 4) is 0 Å². The number of nitro groups is 1. The molecule has 0 aromatic rings. The molecule has 0 radical (unpaired) electrons. The van der Waals surface area contributed by atoms with E-state index in [4.69, 9.17) is 0 Å². The molecule has 0 bridgehead atoms. The predicted octanol–water partition coefficient (Wildman–Crippen LogP) is 2.33. The molecule has 0 atom stereocenters. The van der Waals surface area contributed by atoms with Crippen molar-refractivity contribution in [2.75, 3.05) is 0 Å². The molecule has 0 aliphatic heterocycles. The third-order valence-corrected chi connectivity index (χ3v) is 1.32. The second-order valence-corrected chi connectivity index (χ2v) is 2.37. The van der Waals surface area contributed by atoms with E-state index in [1.165, 1.54) is 24.3 Å². The molecular formula is C8H9NO2S. The SMILES string of the molecule is C=C/C=C(\C=C(\S)C=C)[N+](=O)[O-]. The van der Waals surface area contributed by atoms with Crippen LogP contribution in [0.2, 0.25) is 0 Å². The van der Waals surface area contributed by atoms with E-state index in [0.29, 0.717) is 4.91 Å². The molecule has 0 aromatic heterocycles. The van der Waals surface area contributed by atoms with Gasteiger partial charge in [-0.25, -0.2) is 0 Å². The van der Waals surface area contributed by atoms with Crippen LogP contribution in [-0.2, 0) is 0 Å². The number of rotatable bonds is 4. The smallest absolute Gasteiger partial charge is 0.258 e. The van der Waals surface area contributed by atoms with Crippen molar-refractivity contribution >= 4 is 12.6 Å². The van der Waals surface area contributed by atoms with Gasteiger partial charge in [0.25, 0.3) is 5.70 Å². The van der Waals surface area contributed by atoms with Crippen LogP contribution in [0.3, 0.4) is 0 Å². The number of thiol groups is 1. The maximum atomic E-state index is 10.3. The molecule has 0 aliphatic rings. The van der Waals surface area contributed by atoms with Gasteiger partial charge < -0.3 is 0 Å². The van der Waals surface area contributed by atoms with E-state index in [2.05, 4.69) is 25.8 Å². The Morgan fingerprint density at radius 1 is 1.50 bits per heavy atom. The lowest BCUT2D eigenvalue weighted by molar-refractivity contribution is -0.419. The molecule has 12 heavy (non-hydrogen) atoms. The van der Waals surface area contributed by atoms with Gasteiger partial charge in [0.1, 0.15) is 0 Å². The lowest BCUT2D eigenvalue weighted by Gasteiger charge is -1.90. The van der Waals surface area contributed by atoms with Crippen LogP contribution in [-0.4, -0.2) is 4.92 Å². The fraction of sp³-hybridized carbons (Fsp3) is 0. The van der Waals surface area contributed by atoms with Crippen molar-refractivity contribution in [1.82, 2.24) is 0 Å². The van der Waals surface area contributed by atoms with Crippen molar-refractivity contribution in [3.05, 3.63) is 58.2 Å². The highest BCUT2D eigenvalue weighted by atomic mass is 32.1. The summed E-state index contributed by atoms with van der Waals surface area (Å²) in [5.41, 5.74) is -0.0603. The molecule has 0 unspecified atom stereocenters. The molecule has 64 valence electrons. The Labute approximate surface area is 76.3 Å². The largest absolute Gasteiger partial charge is 0.270 e. The predicted molar refractivity (Wildman–Crippen MR) is 52.5 cm³/mol. The second kappa shape index (κ2) is 5.37. The first-order valence-corrected chi connectivity index (χ1v) is 3.56. The summed E-state index contributed by atoms with van der Waals surface area (Å²) >= 11 is 3.92. The van der Waals surface area contributed by atoms with Crippen molar-refractivity contribution in [3.63, 3.8) is 0 Å². The molecule has 3 nitrogen and oxygen atoms in total. The highest BCUT2D eigenvalue weighted by Crippen LogP contribution is 2.07. The molecule has 0 heterocycles. The van der Waals surface area contributed by atoms with Gasteiger partial charge in [-0.2, -0.15) is 0 Å². The normalized spacial score (nSPS) is 12.4. The van der Waals surface area contributed by atoms with E-state index < -0.39 is 4.92 Å². The molecular weight excluding hydrogens is 174 g/mol. The van der Waals surface area contributed by atoms with Crippen LogP contribution in [0, 0.1) is 10.1 Å². The van der Waals surface area contributed by atoms with E-state index in [1.807, 2.05) is 0 Å². The molecule has 0 saturated heterocycles. The van der Waals surface area contributed by atoms with E-state index in [0.717, 1.165) is 0 Å². The van der Waals surface area contributed by atoms with Gasteiger partial charge in [0, 0.05) is 17.1 Å². The zero-order valence-electron chi connectivity index (χ0n) is 6.43. The van der Waals surface area contributed by atoms with Gasteiger partial charge in [-0.3, -0.25) is 10.1 Å². The Morgan fingerprint density at radius 3 is 2.42 bits per heavy atom. The lowest BCUT2D eigenvalue weighted by Crippen LogP contribution is -1.94. The van der Waals surface area contributed by atoms with Gasteiger partial charge in [-0.1, -0.05) is 25.3 Å². The van der Waals surface area contributed by atoms with Crippen LogP contribution in [0.5, 0.6) is 0 Å². The summed E-state index contributed by atoms with van der Waals surface area (Å²) in [5.74, 6) is 0. The minimum Gasteiger partial charge on any atom is -0.258 e. The molecule has 0 saturated carbocycles. The fourth-order valence-electron chi connectivity index (χ4n) is 0.493. The van der Waals surface area contributed by atoms with Gasteiger partial charge in [-0.15, -0.1) is 12.6 Å². The van der Waals surface area contributed by atoms with Gasteiger partial charge in [0.2, 0.25) is 0 Å². The summed E-state index contributed by atoms with van der Waals surface area (Å²) in [6, 6.07) is 0. The molecule has 0 amide bonds. The van der Waals surface area contributed by atoms with Gasteiger partial charge in [0.05, 0.1) is 4.92 Å². The minimum absolute atomic E-state index is 0.0603. The first-order valence-electron chi connectivity index (χ1n) is 3.12. The molecule has 0 fully saturated rings. The highest BCUT2D eigenvalue weighted by Gasteiger charge is 2.04. The Hall–Kier alpha value is -1.29. The zero-order valence-corrected chi connectivity index (χ0v) is 7.33. The molecule has 0 aromatic carbocycles. The van der Waals surface area contributed by atoms with E-state index in [9.17, 15) is 10.1 Å². The summed E-state index contributed by atoms with van der Waals surface area (Å²) in [6.07, 6.45) is 5.36. The fourth-order valence-corrected chi connectivity index (χ4v) is 0.625. The average molecular weight is 183 g/mol. The van der Waals surface area contributed by atoms with Crippen LogP contribution in [0.4, 0.5) is 0 Å². The number of hydrogen-bond acceptors (Lipinski definition) is 3. The number of allylic oxidation sites excluding steroid dienone is 4. The maximum absolute atomic E-state index is 10.3. The van der Waals surface area contributed by atoms with Crippen LogP contribution in [0.15, 0.2) is 48.1 Å². The van der Waals surface area contributed by atoms with E-state index in [1.54, 1.807) is 0 Å². The van der Waals surface area contributed by atoms with Crippen LogP contribution in [0.1, 0.15) is 0 Å². The third kappa shape index (κ3) is 3.78. The zero-order chi connectivity index (χ0) is 9.56. The maximum Gasteiger partial charge on any atom is 0.270 e. The molecule has 0 spiro atoms. The van der Waals surface area contributed by atoms with Crippen molar-refractivity contribution in [2.24, 2.45) is 0 Å². The lowest BCUT2D eigenvalue weighted by atomic mass is 10.3. The van der Waals surface area contributed by atoms with Gasteiger partial charge in [0.15, 0.2) is 0 Å². The summed E-state index contributed by atoms with van der Waals surface area (Å²) in [4.78, 5) is 10.2. The summed E-state index contributed by atoms with van der Waals surface area (Å²) in [5, 5.41) is 10.3. The minimum atomic E-state index is -0.513. The Kier molecular flexibility index (Phi) is 4.79. The van der Waals surface area contributed by atoms with Crippen LogP contribution in [0.25, 0.3) is 0 Å². The molecule has 0 rings (SSSR count). The van der Waals surface area contributed by atoms with E-state index in [-0.39, 0.29) is 5.70 Å². The molecule has 0 aliphatic carbocycles. The first-order chi connectivity index (χ1) is 5.61. The average Bonchev–Trinajstić information content (AvgIpc) is 2.03. The first kappa shape index (κ1) is 10.7. The summed E-state index contributed by atoms with van der Waals surface area (Å²) in [7, 11) is 0. The monoisotopic (exact) mass is 183 g/mol. The molecule has 4 heteroatoms. The van der Waals surface area contributed by atoms with Gasteiger partial charge in [-0.05, 0) is 0 Å². The van der Waals surface area contributed by atoms with Crippen LogP contribution < -0.4 is 0 Å². The summed E-state index contributed by atoms with van der Waals surface area (Å²) < 4.78 is 0. The number of nitrogens with zero attached hydrogens (tertiary/aromatic N) is 1. The Morgan fingerprint density at radius 2 is 2.08 bits per heavy atom. The van der Waals surface area contributed by atoms with Crippen LogP contribution >= 0.6 is 12.6 Å². The van der Waals surface area contributed by atoms with E-state index >= 15 is 0 Å². The van der Waals surface area contributed by atoms with Crippen molar-refractivity contribution in [2.45, 2.75) is 0 Å². The molecule has 0 N–H and O–H groups in total. The highest BCUT2D eigenvalue weighted by molar-refractivity contribution is 7.84. The topological polar surface area (TPSA) is 43.1 Å². The van der Waals surface area contributed by atoms with Crippen molar-refractivity contribution in [1.29, 1.82) is 0 Å².